The summed E-state index contributed by atoms with van der Waals surface area (Å²) in [4.78, 5) is 10.3. The molecule has 3 aromatic rings. The van der Waals surface area contributed by atoms with E-state index in [2.05, 4.69) is 5.32 Å². The summed E-state index contributed by atoms with van der Waals surface area (Å²) in [5.41, 5.74) is 3.00. The zero-order valence-corrected chi connectivity index (χ0v) is 15.6. The third-order valence-electron chi connectivity index (χ3n) is 4.12. The molecule has 0 atom stereocenters. The summed E-state index contributed by atoms with van der Waals surface area (Å²) < 4.78 is 11.7. The van der Waals surface area contributed by atoms with Gasteiger partial charge in [0.15, 0.2) is 11.5 Å². The van der Waals surface area contributed by atoms with Gasteiger partial charge in [-0.3, -0.25) is 10.1 Å². The van der Waals surface area contributed by atoms with E-state index < -0.39 is 4.92 Å². The van der Waals surface area contributed by atoms with Crippen LogP contribution in [-0.4, -0.2) is 11.5 Å². The number of ether oxygens (including phenoxy) is 2. The molecular weight excluding hydrogens is 356 g/mol. The highest BCUT2D eigenvalue weighted by atomic mass is 16.6. The summed E-state index contributed by atoms with van der Waals surface area (Å²) in [6.45, 7) is 3.52. The fourth-order valence-electron chi connectivity index (χ4n) is 2.69. The van der Waals surface area contributed by atoms with Gasteiger partial charge in [0.2, 0.25) is 0 Å². The highest BCUT2D eigenvalue weighted by Crippen LogP contribution is 2.29. The van der Waals surface area contributed by atoms with Crippen molar-refractivity contribution in [1.82, 2.24) is 0 Å². The van der Waals surface area contributed by atoms with Crippen LogP contribution in [-0.2, 0) is 13.2 Å². The Balaban J connectivity index is 1.65. The number of nitro groups is 1. The van der Waals surface area contributed by atoms with Gasteiger partial charge in [0.1, 0.15) is 6.61 Å². The third kappa shape index (κ3) is 5.23. The van der Waals surface area contributed by atoms with E-state index in [-0.39, 0.29) is 5.69 Å². The first-order valence-electron chi connectivity index (χ1n) is 9.06. The largest absolute Gasteiger partial charge is 0.490 e. The molecule has 0 saturated heterocycles. The van der Waals surface area contributed by atoms with Crippen LogP contribution in [0.1, 0.15) is 18.1 Å². The minimum atomic E-state index is -0.410. The Morgan fingerprint density at radius 1 is 0.893 bits per heavy atom. The van der Waals surface area contributed by atoms with Crippen LogP contribution in [0, 0.1) is 10.1 Å². The molecule has 0 heterocycles. The average molecular weight is 378 g/mol. The van der Waals surface area contributed by atoms with Crippen molar-refractivity contribution in [3.05, 3.63) is 94.0 Å². The summed E-state index contributed by atoms with van der Waals surface area (Å²) in [5.74, 6) is 1.39. The second-order valence-corrected chi connectivity index (χ2v) is 6.15. The standard InChI is InChI=1S/C22H22N2O4/c1-2-27-22-14-18(15-23-19-9-11-20(12-10-19)24(25)26)8-13-21(22)28-16-17-6-4-3-5-7-17/h3-14,23H,2,15-16H2,1H3. The van der Waals surface area contributed by atoms with Gasteiger partial charge in [-0.1, -0.05) is 36.4 Å². The second-order valence-electron chi connectivity index (χ2n) is 6.15. The third-order valence-corrected chi connectivity index (χ3v) is 4.12. The van der Waals surface area contributed by atoms with Gasteiger partial charge in [-0.25, -0.2) is 0 Å². The van der Waals surface area contributed by atoms with Crippen molar-refractivity contribution in [2.75, 3.05) is 11.9 Å². The number of benzene rings is 3. The molecule has 6 heteroatoms. The maximum absolute atomic E-state index is 10.7. The Hall–Kier alpha value is -3.54. The van der Waals surface area contributed by atoms with Crippen LogP contribution in [0.4, 0.5) is 11.4 Å². The van der Waals surface area contributed by atoms with Crippen molar-refractivity contribution in [3.63, 3.8) is 0 Å². The van der Waals surface area contributed by atoms with Crippen molar-refractivity contribution >= 4 is 11.4 Å². The van der Waals surface area contributed by atoms with E-state index in [0.717, 1.165) is 16.8 Å². The highest BCUT2D eigenvalue weighted by molar-refractivity contribution is 5.50. The Labute approximate surface area is 163 Å². The highest BCUT2D eigenvalue weighted by Gasteiger charge is 2.08. The molecule has 144 valence electrons. The van der Waals surface area contributed by atoms with Crippen LogP contribution in [0.25, 0.3) is 0 Å². The van der Waals surface area contributed by atoms with Crippen LogP contribution < -0.4 is 14.8 Å². The topological polar surface area (TPSA) is 73.6 Å². The monoisotopic (exact) mass is 378 g/mol. The van der Waals surface area contributed by atoms with Gasteiger partial charge >= 0.3 is 0 Å². The van der Waals surface area contributed by atoms with Crippen LogP contribution >= 0.6 is 0 Å². The van der Waals surface area contributed by atoms with Crippen LogP contribution in [0.5, 0.6) is 11.5 Å². The number of nitro benzene ring substituents is 1. The number of nitrogens with one attached hydrogen (secondary N) is 1. The average Bonchev–Trinajstić information content (AvgIpc) is 2.73. The lowest BCUT2D eigenvalue weighted by atomic mass is 10.2. The smallest absolute Gasteiger partial charge is 0.269 e. The van der Waals surface area contributed by atoms with Crippen molar-refractivity contribution in [2.45, 2.75) is 20.1 Å². The van der Waals surface area contributed by atoms with Gasteiger partial charge in [-0.2, -0.15) is 0 Å². The SMILES string of the molecule is CCOc1cc(CNc2ccc([N+](=O)[O-])cc2)ccc1OCc1ccccc1. The van der Waals surface area contributed by atoms with Gasteiger partial charge in [-0.15, -0.1) is 0 Å². The van der Waals surface area contributed by atoms with E-state index in [1.54, 1.807) is 12.1 Å². The molecule has 6 nitrogen and oxygen atoms in total. The van der Waals surface area contributed by atoms with Crippen LogP contribution in [0.3, 0.4) is 0 Å². The maximum atomic E-state index is 10.7. The summed E-state index contributed by atoms with van der Waals surface area (Å²) >= 11 is 0. The zero-order chi connectivity index (χ0) is 19.8. The molecule has 1 N–H and O–H groups in total. The molecule has 3 rings (SSSR count). The number of nitrogens with zero attached hydrogens (tertiary/aromatic N) is 1. The predicted molar refractivity (Wildman–Crippen MR) is 109 cm³/mol. The van der Waals surface area contributed by atoms with Crippen molar-refractivity contribution in [1.29, 1.82) is 0 Å². The summed E-state index contributed by atoms with van der Waals surface area (Å²) in [6, 6.07) is 22.1. The van der Waals surface area contributed by atoms with Crippen molar-refractivity contribution < 1.29 is 14.4 Å². The maximum Gasteiger partial charge on any atom is 0.269 e. The first kappa shape index (κ1) is 19.2. The van der Waals surface area contributed by atoms with Crippen LogP contribution in [0.15, 0.2) is 72.8 Å². The van der Waals surface area contributed by atoms with Gasteiger partial charge in [-0.05, 0) is 42.3 Å². The van der Waals surface area contributed by atoms with Crippen molar-refractivity contribution in [3.8, 4) is 11.5 Å². The number of hydrogen-bond acceptors (Lipinski definition) is 5. The first-order chi connectivity index (χ1) is 13.7. The lowest BCUT2D eigenvalue weighted by Gasteiger charge is -2.14. The van der Waals surface area contributed by atoms with E-state index in [0.29, 0.717) is 31.3 Å². The summed E-state index contributed by atoms with van der Waals surface area (Å²) in [6.07, 6.45) is 0. The number of non-ortho nitro benzene ring substituents is 1. The van der Waals surface area contributed by atoms with E-state index in [4.69, 9.17) is 9.47 Å². The quantitative estimate of drug-likeness (QED) is 0.410. The Kier molecular flexibility index (Phi) is 6.46. The van der Waals surface area contributed by atoms with Gasteiger partial charge < -0.3 is 14.8 Å². The normalized spacial score (nSPS) is 10.3. The molecule has 0 fully saturated rings. The van der Waals surface area contributed by atoms with Gasteiger partial charge in [0.25, 0.3) is 5.69 Å². The molecule has 0 aromatic heterocycles. The summed E-state index contributed by atoms with van der Waals surface area (Å²) in [5, 5.41) is 14.0. The molecule has 3 aromatic carbocycles. The molecule has 0 aliphatic rings. The fraction of sp³-hybridized carbons (Fsp3) is 0.182. The minimum absolute atomic E-state index is 0.0732. The molecule has 28 heavy (non-hydrogen) atoms. The Bertz CT molecular complexity index is 912. The molecule has 0 unspecified atom stereocenters. The van der Waals surface area contributed by atoms with E-state index in [1.165, 1.54) is 12.1 Å². The number of rotatable bonds is 9. The molecular formula is C22H22N2O4. The molecule has 0 aliphatic carbocycles. The Morgan fingerprint density at radius 3 is 2.32 bits per heavy atom. The lowest BCUT2D eigenvalue weighted by Crippen LogP contribution is -2.03. The van der Waals surface area contributed by atoms with E-state index in [1.807, 2.05) is 55.5 Å². The molecule has 0 aliphatic heterocycles. The summed E-state index contributed by atoms with van der Waals surface area (Å²) in [7, 11) is 0. The van der Waals surface area contributed by atoms with Gasteiger partial charge in [0.05, 0.1) is 11.5 Å². The predicted octanol–water partition coefficient (Wildman–Crippen LogP) is 5.18. The second kappa shape index (κ2) is 9.41. The molecule has 0 amide bonds. The zero-order valence-electron chi connectivity index (χ0n) is 15.6. The molecule has 0 saturated carbocycles. The molecule has 0 bridgehead atoms. The number of hydrogen-bond donors (Lipinski definition) is 1. The van der Waals surface area contributed by atoms with E-state index >= 15 is 0 Å². The lowest BCUT2D eigenvalue weighted by molar-refractivity contribution is -0.384. The fourth-order valence-corrected chi connectivity index (χ4v) is 2.69. The molecule has 0 radical (unpaired) electrons. The number of anilines is 1. The first-order valence-corrected chi connectivity index (χ1v) is 9.06. The van der Waals surface area contributed by atoms with Gasteiger partial charge in [0, 0.05) is 24.4 Å². The molecule has 0 spiro atoms. The Morgan fingerprint density at radius 2 is 1.64 bits per heavy atom. The van der Waals surface area contributed by atoms with Crippen molar-refractivity contribution in [2.24, 2.45) is 0 Å². The van der Waals surface area contributed by atoms with Crippen LogP contribution in [0.2, 0.25) is 0 Å². The minimum Gasteiger partial charge on any atom is -0.490 e. The van der Waals surface area contributed by atoms with E-state index in [9.17, 15) is 10.1 Å².